The van der Waals surface area contributed by atoms with Crippen molar-refractivity contribution in [3.8, 4) is 5.75 Å². The van der Waals surface area contributed by atoms with Crippen LogP contribution in [-0.4, -0.2) is 31.0 Å². The zero-order valence-electron chi connectivity index (χ0n) is 10.5. The lowest BCUT2D eigenvalue weighted by Gasteiger charge is -2.18. The molecule has 0 bridgehead atoms. The molecule has 17 heavy (non-hydrogen) atoms. The molecule has 0 unspecified atom stereocenters. The second-order valence-electron chi connectivity index (χ2n) is 4.56. The Hall–Kier alpha value is -1.51. The summed E-state index contributed by atoms with van der Waals surface area (Å²) in [7, 11) is 1.86. The molecule has 1 aliphatic rings. The molecule has 0 radical (unpaired) electrons. The molecule has 1 amide bonds. The fourth-order valence-electron chi connectivity index (χ4n) is 1.90. The van der Waals surface area contributed by atoms with E-state index < -0.39 is 0 Å². The van der Waals surface area contributed by atoms with Crippen LogP contribution in [0.2, 0.25) is 0 Å². The monoisotopic (exact) mass is 233 g/mol. The molecule has 1 aliphatic carbocycles. The third-order valence-electron chi connectivity index (χ3n) is 2.99. The van der Waals surface area contributed by atoms with Crippen LogP contribution < -0.4 is 4.74 Å². The first-order chi connectivity index (χ1) is 8.22. The SMILES string of the molecule is CCOc1ccccc1C(=O)N(C)CC1CC1. The van der Waals surface area contributed by atoms with Gasteiger partial charge in [-0.15, -0.1) is 0 Å². The first kappa shape index (κ1) is 12.0. The number of nitrogens with zero attached hydrogens (tertiary/aromatic N) is 1. The number of amides is 1. The summed E-state index contributed by atoms with van der Waals surface area (Å²) >= 11 is 0. The molecule has 0 heterocycles. The Morgan fingerprint density at radius 1 is 1.41 bits per heavy atom. The van der Waals surface area contributed by atoms with E-state index in [2.05, 4.69) is 0 Å². The highest BCUT2D eigenvalue weighted by molar-refractivity contribution is 5.96. The third kappa shape index (κ3) is 2.99. The molecule has 0 saturated heterocycles. The number of para-hydroxylation sites is 1. The van der Waals surface area contributed by atoms with Gasteiger partial charge in [0.2, 0.25) is 0 Å². The summed E-state index contributed by atoms with van der Waals surface area (Å²) < 4.78 is 5.48. The van der Waals surface area contributed by atoms with Gasteiger partial charge in [-0.25, -0.2) is 0 Å². The van der Waals surface area contributed by atoms with Crippen molar-refractivity contribution in [1.29, 1.82) is 0 Å². The van der Waals surface area contributed by atoms with Gasteiger partial charge in [0.25, 0.3) is 5.91 Å². The average molecular weight is 233 g/mol. The van der Waals surface area contributed by atoms with E-state index >= 15 is 0 Å². The van der Waals surface area contributed by atoms with Gasteiger partial charge >= 0.3 is 0 Å². The molecular formula is C14H19NO2. The number of benzene rings is 1. The third-order valence-corrected chi connectivity index (χ3v) is 2.99. The summed E-state index contributed by atoms with van der Waals surface area (Å²) in [6, 6.07) is 7.45. The van der Waals surface area contributed by atoms with E-state index in [9.17, 15) is 4.79 Å². The lowest BCUT2D eigenvalue weighted by molar-refractivity contribution is 0.0784. The molecule has 3 nitrogen and oxygen atoms in total. The van der Waals surface area contributed by atoms with Crippen molar-refractivity contribution in [3.05, 3.63) is 29.8 Å². The van der Waals surface area contributed by atoms with E-state index in [-0.39, 0.29) is 5.91 Å². The maximum atomic E-state index is 12.2. The average Bonchev–Trinajstić information content (AvgIpc) is 3.13. The van der Waals surface area contributed by atoms with E-state index in [1.54, 1.807) is 4.90 Å². The second-order valence-corrected chi connectivity index (χ2v) is 4.56. The minimum Gasteiger partial charge on any atom is -0.493 e. The quantitative estimate of drug-likeness (QED) is 0.782. The number of hydrogen-bond acceptors (Lipinski definition) is 2. The van der Waals surface area contributed by atoms with Gasteiger partial charge in [-0.05, 0) is 37.8 Å². The molecule has 0 N–H and O–H groups in total. The number of ether oxygens (including phenoxy) is 1. The normalized spacial score (nSPS) is 14.5. The van der Waals surface area contributed by atoms with Gasteiger partial charge in [0.05, 0.1) is 12.2 Å². The minimum absolute atomic E-state index is 0.0564. The maximum Gasteiger partial charge on any atom is 0.257 e. The number of carbonyl (C=O) groups excluding carboxylic acids is 1. The maximum absolute atomic E-state index is 12.2. The van der Waals surface area contributed by atoms with Crippen molar-refractivity contribution < 1.29 is 9.53 Å². The zero-order chi connectivity index (χ0) is 12.3. The first-order valence-electron chi connectivity index (χ1n) is 6.19. The Morgan fingerprint density at radius 2 is 2.12 bits per heavy atom. The fourth-order valence-corrected chi connectivity index (χ4v) is 1.90. The molecule has 92 valence electrons. The Bertz CT molecular complexity index is 399. The molecule has 0 spiro atoms. The van der Waals surface area contributed by atoms with Gasteiger partial charge in [-0.3, -0.25) is 4.79 Å². The summed E-state index contributed by atoms with van der Waals surface area (Å²) in [6.07, 6.45) is 2.51. The van der Waals surface area contributed by atoms with Gasteiger partial charge in [0.1, 0.15) is 5.75 Å². The largest absolute Gasteiger partial charge is 0.493 e. The lowest BCUT2D eigenvalue weighted by atomic mass is 10.1. The van der Waals surface area contributed by atoms with Crippen LogP contribution >= 0.6 is 0 Å². The molecule has 0 aliphatic heterocycles. The molecule has 1 saturated carbocycles. The Balaban J connectivity index is 2.10. The van der Waals surface area contributed by atoms with Crippen LogP contribution in [0.15, 0.2) is 24.3 Å². The molecular weight excluding hydrogens is 214 g/mol. The number of rotatable bonds is 5. The number of hydrogen-bond donors (Lipinski definition) is 0. The smallest absolute Gasteiger partial charge is 0.257 e. The van der Waals surface area contributed by atoms with Gasteiger partial charge in [0.15, 0.2) is 0 Å². The van der Waals surface area contributed by atoms with Crippen LogP contribution in [0, 0.1) is 5.92 Å². The van der Waals surface area contributed by atoms with Crippen LogP contribution in [0.4, 0.5) is 0 Å². The molecule has 0 atom stereocenters. The predicted molar refractivity (Wildman–Crippen MR) is 67.3 cm³/mol. The van der Waals surface area contributed by atoms with E-state index in [4.69, 9.17) is 4.74 Å². The fraction of sp³-hybridized carbons (Fsp3) is 0.500. The lowest BCUT2D eigenvalue weighted by Crippen LogP contribution is -2.29. The standard InChI is InChI=1S/C14H19NO2/c1-3-17-13-7-5-4-6-12(13)14(16)15(2)10-11-8-9-11/h4-7,11H,3,8-10H2,1-2H3. The van der Waals surface area contributed by atoms with Crippen LogP contribution in [0.3, 0.4) is 0 Å². The molecule has 3 heteroatoms. The second kappa shape index (κ2) is 5.21. The van der Waals surface area contributed by atoms with Gasteiger partial charge < -0.3 is 9.64 Å². The Kier molecular flexibility index (Phi) is 3.67. The van der Waals surface area contributed by atoms with Crippen molar-refractivity contribution in [3.63, 3.8) is 0 Å². The van der Waals surface area contributed by atoms with E-state index in [0.717, 1.165) is 6.54 Å². The Morgan fingerprint density at radius 3 is 2.76 bits per heavy atom. The van der Waals surface area contributed by atoms with Crippen molar-refractivity contribution in [2.24, 2.45) is 5.92 Å². The van der Waals surface area contributed by atoms with Crippen LogP contribution in [-0.2, 0) is 0 Å². The molecule has 1 aromatic rings. The van der Waals surface area contributed by atoms with Gasteiger partial charge in [-0.2, -0.15) is 0 Å². The summed E-state index contributed by atoms with van der Waals surface area (Å²) in [5.74, 6) is 1.45. The topological polar surface area (TPSA) is 29.5 Å². The summed E-state index contributed by atoms with van der Waals surface area (Å²) in [5, 5.41) is 0. The van der Waals surface area contributed by atoms with Crippen molar-refractivity contribution in [1.82, 2.24) is 4.90 Å². The molecule has 1 fully saturated rings. The highest BCUT2D eigenvalue weighted by Gasteiger charge is 2.26. The van der Waals surface area contributed by atoms with Crippen molar-refractivity contribution in [2.45, 2.75) is 19.8 Å². The summed E-state index contributed by atoms with van der Waals surface area (Å²) in [4.78, 5) is 14.1. The highest BCUT2D eigenvalue weighted by Crippen LogP contribution is 2.30. The summed E-state index contributed by atoms with van der Waals surface area (Å²) in [6.45, 7) is 3.37. The number of carbonyl (C=O) groups is 1. The minimum atomic E-state index is 0.0564. The molecule has 1 aromatic carbocycles. The van der Waals surface area contributed by atoms with Crippen molar-refractivity contribution in [2.75, 3.05) is 20.2 Å². The van der Waals surface area contributed by atoms with Gasteiger partial charge in [0, 0.05) is 13.6 Å². The van der Waals surface area contributed by atoms with E-state index in [0.29, 0.717) is 23.8 Å². The highest BCUT2D eigenvalue weighted by atomic mass is 16.5. The van der Waals surface area contributed by atoms with Crippen LogP contribution in [0.1, 0.15) is 30.1 Å². The first-order valence-corrected chi connectivity index (χ1v) is 6.19. The zero-order valence-corrected chi connectivity index (χ0v) is 10.5. The van der Waals surface area contributed by atoms with Crippen LogP contribution in [0.25, 0.3) is 0 Å². The van der Waals surface area contributed by atoms with E-state index in [1.165, 1.54) is 12.8 Å². The van der Waals surface area contributed by atoms with Crippen molar-refractivity contribution >= 4 is 5.91 Å². The summed E-state index contributed by atoms with van der Waals surface area (Å²) in [5.41, 5.74) is 0.664. The predicted octanol–water partition coefficient (Wildman–Crippen LogP) is 2.57. The Labute approximate surface area is 102 Å². The van der Waals surface area contributed by atoms with Gasteiger partial charge in [-0.1, -0.05) is 12.1 Å². The van der Waals surface area contributed by atoms with Crippen LogP contribution in [0.5, 0.6) is 5.75 Å². The van der Waals surface area contributed by atoms with E-state index in [1.807, 2.05) is 38.2 Å². The molecule has 0 aromatic heterocycles. The molecule has 2 rings (SSSR count).